The van der Waals surface area contributed by atoms with Gasteiger partial charge in [0.05, 0.1) is 10.8 Å². The first kappa shape index (κ1) is 16.1. The average molecular weight is 436 g/mol. The van der Waals surface area contributed by atoms with E-state index in [2.05, 4.69) is 95.6 Å². The first-order valence-electron chi connectivity index (χ1n) is 8.20. The molecule has 0 aliphatic rings. The van der Waals surface area contributed by atoms with E-state index >= 15 is 0 Å². The Labute approximate surface area is 163 Å². The molecule has 0 saturated carbocycles. The van der Waals surface area contributed by atoms with Crippen LogP contribution in [-0.2, 0) is 7.05 Å². The maximum Gasteiger partial charge on any atom is 0.213 e. The quantitative estimate of drug-likeness (QED) is 0.236. The van der Waals surface area contributed by atoms with Crippen molar-refractivity contribution in [2.24, 2.45) is 7.05 Å². The van der Waals surface area contributed by atoms with Crippen LogP contribution in [-0.4, -0.2) is 4.98 Å². The van der Waals surface area contributed by atoms with Crippen LogP contribution in [0.5, 0.6) is 0 Å². The van der Waals surface area contributed by atoms with Gasteiger partial charge in [-0.2, -0.15) is 4.57 Å². The minimum absolute atomic E-state index is 0. The smallest absolute Gasteiger partial charge is 0.213 e. The number of hydrogen-bond acceptors (Lipinski definition) is 0. The molecule has 0 spiro atoms. The molecule has 1 N–H and O–H groups in total. The zero-order valence-corrected chi connectivity index (χ0v) is 16.0. The number of benzene rings is 3. The summed E-state index contributed by atoms with van der Waals surface area (Å²) in [4.78, 5) is 3.42. The highest BCUT2D eigenvalue weighted by Crippen LogP contribution is 2.37. The van der Waals surface area contributed by atoms with Crippen molar-refractivity contribution in [2.45, 2.75) is 0 Å². The molecule has 5 rings (SSSR count). The molecule has 0 radical (unpaired) electrons. The van der Waals surface area contributed by atoms with E-state index < -0.39 is 0 Å². The molecule has 0 saturated heterocycles. The van der Waals surface area contributed by atoms with Gasteiger partial charge in [0.2, 0.25) is 11.0 Å². The van der Waals surface area contributed by atoms with Crippen LogP contribution in [0.25, 0.3) is 43.8 Å². The van der Waals surface area contributed by atoms with Crippen LogP contribution in [0.2, 0.25) is 0 Å². The van der Waals surface area contributed by atoms with Crippen molar-refractivity contribution < 1.29 is 28.5 Å². The summed E-state index contributed by atoms with van der Waals surface area (Å²) in [5, 5.41) is 3.83. The van der Waals surface area contributed by atoms with Gasteiger partial charge in [-0.05, 0) is 18.2 Å². The average Bonchev–Trinajstić information content (AvgIpc) is 3.06. The highest BCUT2D eigenvalue weighted by Gasteiger charge is 2.20. The number of para-hydroxylation sites is 3. The third-order valence-corrected chi connectivity index (χ3v) is 4.93. The number of nitrogens with one attached hydrogen (secondary N) is 1. The zero-order chi connectivity index (χ0) is 16.1. The molecule has 122 valence electrons. The van der Waals surface area contributed by atoms with E-state index in [9.17, 15) is 0 Å². The Bertz CT molecular complexity index is 1160. The van der Waals surface area contributed by atoms with Crippen LogP contribution >= 0.6 is 0 Å². The lowest BCUT2D eigenvalue weighted by Crippen LogP contribution is -3.00. The number of fused-ring (bicyclic) bond motifs is 3. The fourth-order valence-corrected chi connectivity index (χ4v) is 3.80. The molecule has 2 aromatic heterocycles. The van der Waals surface area contributed by atoms with Gasteiger partial charge in [-0.25, -0.2) is 0 Å². The molecule has 0 amide bonds. The van der Waals surface area contributed by atoms with E-state index in [1.165, 1.54) is 43.8 Å². The van der Waals surface area contributed by atoms with Crippen LogP contribution in [0.4, 0.5) is 0 Å². The molecule has 0 unspecified atom stereocenters. The minimum Gasteiger partial charge on any atom is -1.00 e. The third kappa shape index (κ3) is 2.34. The second-order valence-corrected chi connectivity index (χ2v) is 6.22. The van der Waals surface area contributed by atoms with Crippen molar-refractivity contribution in [1.82, 2.24) is 4.98 Å². The van der Waals surface area contributed by atoms with Gasteiger partial charge in [-0.15, -0.1) is 0 Å². The Morgan fingerprint density at radius 2 is 1.20 bits per heavy atom. The predicted octanol–water partition coefficient (Wildman–Crippen LogP) is 1.97. The standard InChI is InChI=1S/C22H16N2.HI/c1-24-20-12-6-3-9-16(20)22(17-10-4-7-13-21(17)24)18-14-23-19-11-5-2-8-15(18)19;/h2-14H,1H3;1H. The van der Waals surface area contributed by atoms with E-state index in [4.69, 9.17) is 0 Å². The topological polar surface area (TPSA) is 19.7 Å². The summed E-state index contributed by atoms with van der Waals surface area (Å²) in [6.07, 6.45) is 2.14. The second-order valence-electron chi connectivity index (χ2n) is 6.22. The summed E-state index contributed by atoms with van der Waals surface area (Å²) in [5.74, 6) is 0. The van der Waals surface area contributed by atoms with E-state index in [1.54, 1.807) is 0 Å². The first-order valence-corrected chi connectivity index (χ1v) is 8.20. The lowest BCUT2D eigenvalue weighted by atomic mass is 9.95. The Morgan fingerprint density at radius 3 is 1.84 bits per heavy atom. The van der Waals surface area contributed by atoms with Gasteiger partial charge in [-0.3, -0.25) is 0 Å². The lowest BCUT2D eigenvalue weighted by molar-refractivity contribution is -0.617. The SMILES string of the molecule is C[n+]1c2ccccc2c(-c2c[nH]c3ccccc23)c2ccccc21.[I-]. The fourth-order valence-electron chi connectivity index (χ4n) is 3.80. The number of aromatic amines is 1. The minimum atomic E-state index is 0. The van der Waals surface area contributed by atoms with E-state index in [0.29, 0.717) is 0 Å². The van der Waals surface area contributed by atoms with Crippen molar-refractivity contribution in [3.05, 3.63) is 79.0 Å². The van der Waals surface area contributed by atoms with Crippen molar-refractivity contribution in [3.63, 3.8) is 0 Å². The number of aromatic nitrogens is 2. The maximum atomic E-state index is 3.42. The summed E-state index contributed by atoms with van der Waals surface area (Å²) in [5.41, 5.74) is 6.23. The molecule has 2 heterocycles. The normalized spacial score (nSPS) is 11.1. The van der Waals surface area contributed by atoms with Gasteiger partial charge in [0, 0.05) is 40.4 Å². The number of H-pyrrole nitrogens is 1. The summed E-state index contributed by atoms with van der Waals surface area (Å²) in [7, 11) is 2.14. The molecule has 0 bridgehead atoms. The van der Waals surface area contributed by atoms with Crippen LogP contribution in [0.15, 0.2) is 79.0 Å². The van der Waals surface area contributed by atoms with Crippen LogP contribution in [0.3, 0.4) is 0 Å². The summed E-state index contributed by atoms with van der Waals surface area (Å²) in [6.45, 7) is 0. The van der Waals surface area contributed by atoms with Crippen molar-refractivity contribution in [2.75, 3.05) is 0 Å². The molecule has 2 nitrogen and oxygen atoms in total. The van der Waals surface area contributed by atoms with Crippen molar-refractivity contribution in [3.8, 4) is 11.1 Å². The summed E-state index contributed by atoms with van der Waals surface area (Å²) >= 11 is 0. The largest absolute Gasteiger partial charge is 1.00 e. The van der Waals surface area contributed by atoms with Crippen LogP contribution in [0, 0.1) is 0 Å². The Balaban J connectivity index is 0.00000157. The highest BCUT2D eigenvalue weighted by molar-refractivity contribution is 6.12. The number of nitrogens with zero attached hydrogens (tertiary/aromatic N) is 1. The molecular formula is C22H17IN2. The van der Waals surface area contributed by atoms with Gasteiger partial charge in [0.25, 0.3) is 0 Å². The number of halogens is 1. The molecule has 0 fully saturated rings. The summed E-state index contributed by atoms with van der Waals surface area (Å²) in [6, 6.07) is 25.8. The Morgan fingerprint density at radius 1 is 0.680 bits per heavy atom. The maximum absolute atomic E-state index is 3.42. The predicted molar refractivity (Wildman–Crippen MR) is 99.9 cm³/mol. The summed E-state index contributed by atoms with van der Waals surface area (Å²) < 4.78 is 2.28. The Kier molecular flexibility index (Phi) is 3.96. The number of pyridine rings is 1. The van der Waals surface area contributed by atoms with Gasteiger partial charge in [0.15, 0.2) is 0 Å². The van der Waals surface area contributed by atoms with Crippen LogP contribution < -0.4 is 28.5 Å². The van der Waals surface area contributed by atoms with Crippen molar-refractivity contribution >= 4 is 32.7 Å². The lowest BCUT2D eigenvalue weighted by Gasteiger charge is -2.09. The Hall–Kier alpha value is -2.40. The van der Waals surface area contributed by atoms with E-state index in [1.807, 2.05) is 0 Å². The molecule has 25 heavy (non-hydrogen) atoms. The van der Waals surface area contributed by atoms with Gasteiger partial charge >= 0.3 is 0 Å². The first-order chi connectivity index (χ1) is 11.8. The van der Waals surface area contributed by atoms with Gasteiger partial charge in [0.1, 0.15) is 7.05 Å². The molecule has 3 aromatic carbocycles. The van der Waals surface area contributed by atoms with E-state index in [-0.39, 0.29) is 24.0 Å². The molecular weight excluding hydrogens is 419 g/mol. The number of aryl methyl sites for hydroxylation is 1. The molecule has 0 aliphatic carbocycles. The monoisotopic (exact) mass is 436 g/mol. The molecule has 0 aliphatic heterocycles. The van der Waals surface area contributed by atoms with E-state index in [0.717, 1.165) is 0 Å². The molecule has 0 atom stereocenters. The fraction of sp³-hybridized carbons (Fsp3) is 0.0455. The molecule has 5 aromatic rings. The molecule has 3 heteroatoms. The second kappa shape index (κ2) is 6.15. The number of hydrogen-bond donors (Lipinski definition) is 1. The highest BCUT2D eigenvalue weighted by atomic mass is 127. The van der Waals surface area contributed by atoms with Gasteiger partial charge < -0.3 is 29.0 Å². The van der Waals surface area contributed by atoms with Gasteiger partial charge in [-0.1, -0.05) is 42.5 Å². The number of rotatable bonds is 1. The third-order valence-electron chi connectivity index (χ3n) is 4.93. The van der Waals surface area contributed by atoms with Crippen molar-refractivity contribution in [1.29, 1.82) is 0 Å². The van der Waals surface area contributed by atoms with Crippen LogP contribution in [0.1, 0.15) is 0 Å². The zero-order valence-electron chi connectivity index (χ0n) is 13.8.